The Kier molecular flexibility index (Phi) is 10.8. The molecule has 0 radical (unpaired) electrons. The van der Waals surface area contributed by atoms with Gasteiger partial charge < -0.3 is 20.1 Å². The van der Waals surface area contributed by atoms with E-state index in [2.05, 4.69) is 5.73 Å². The number of rotatable bonds is 12. The van der Waals surface area contributed by atoms with Gasteiger partial charge in [-0.1, -0.05) is 31.4 Å². The standard InChI is InChI=1S/C26H35F3O4/c1-18(30)8-4-2-3-5-13-22-23(25(33)17-24(22)32)15-14-21(31)12-7-10-19-9-6-11-20(16-19)26(27,28)29/h6,9-12,16,21-25,31-33H,2-5,8,13-15,17H2,1H3/t7?,21?,22-,23-,24+,25-/m1/s1. The van der Waals surface area contributed by atoms with Crippen molar-refractivity contribution in [1.82, 2.24) is 0 Å². The largest absolute Gasteiger partial charge is 0.416 e. The predicted octanol–water partition coefficient (Wildman–Crippen LogP) is 5.30. The zero-order valence-electron chi connectivity index (χ0n) is 19.1. The molecule has 184 valence electrons. The monoisotopic (exact) mass is 468 g/mol. The Morgan fingerprint density at radius 2 is 1.79 bits per heavy atom. The third kappa shape index (κ3) is 9.46. The van der Waals surface area contributed by atoms with Crippen molar-refractivity contribution in [3.05, 3.63) is 47.2 Å². The van der Waals surface area contributed by atoms with E-state index in [0.29, 0.717) is 31.2 Å². The van der Waals surface area contributed by atoms with Crippen LogP contribution in [0.5, 0.6) is 0 Å². The lowest BCUT2D eigenvalue weighted by atomic mass is 9.85. The Bertz CT molecular complexity index is 814. The smallest absolute Gasteiger partial charge is 0.393 e. The van der Waals surface area contributed by atoms with Crippen molar-refractivity contribution in [3.8, 4) is 0 Å². The van der Waals surface area contributed by atoms with Crippen LogP contribution in [0.25, 0.3) is 6.08 Å². The second kappa shape index (κ2) is 13.1. The molecule has 1 fully saturated rings. The first-order chi connectivity index (χ1) is 15.6. The third-order valence-corrected chi connectivity index (χ3v) is 6.39. The molecule has 0 amide bonds. The zero-order chi connectivity index (χ0) is 24.4. The van der Waals surface area contributed by atoms with E-state index in [0.717, 1.165) is 44.2 Å². The number of carbonyl (C=O) groups is 1. The Balaban J connectivity index is 1.83. The summed E-state index contributed by atoms with van der Waals surface area (Å²) in [5.74, 6) is 0.0685. The fraction of sp³-hybridized carbons (Fsp3) is 0.615. The third-order valence-electron chi connectivity index (χ3n) is 6.39. The van der Waals surface area contributed by atoms with Crippen molar-refractivity contribution >= 4 is 11.9 Å². The number of carbonyl (C=O) groups excluding carboxylic acids is 1. The van der Waals surface area contributed by atoms with Crippen LogP contribution in [-0.2, 0) is 11.0 Å². The highest BCUT2D eigenvalue weighted by molar-refractivity contribution is 5.75. The van der Waals surface area contributed by atoms with Gasteiger partial charge in [-0.2, -0.15) is 13.2 Å². The van der Waals surface area contributed by atoms with E-state index < -0.39 is 30.1 Å². The summed E-state index contributed by atoms with van der Waals surface area (Å²) in [6, 6.07) is 4.88. The van der Waals surface area contributed by atoms with Crippen molar-refractivity contribution in [2.24, 2.45) is 11.8 Å². The average Bonchev–Trinajstić information content (AvgIpc) is 3.00. The highest BCUT2D eigenvalue weighted by atomic mass is 19.4. The Hall–Kier alpha value is -1.92. The Labute approximate surface area is 193 Å². The van der Waals surface area contributed by atoms with Gasteiger partial charge in [0.15, 0.2) is 0 Å². The summed E-state index contributed by atoms with van der Waals surface area (Å²) < 4.78 is 38.4. The summed E-state index contributed by atoms with van der Waals surface area (Å²) in [4.78, 5) is 11.0. The van der Waals surface area contributed by atoms with Crippen LogP contribution in [0.1, 0.15) is 75.8 Å². The molecule has 1 aromatic carbocycles. The molecule has 0 bridgehead atoms. The van der Waals surface area contributed by atoms with Gasteiger partial charge in [-0.15, -0.1) is 5.73 Å². The van der Waals surface area contributed by atoms with Crippen LogP contribution in [0.2, 0.25) is 0 Å². The maximum atomic E-state index is 12.8. The van der Waals surface area contributed by atoms with Crippen LogP contribution in [-0.4, -0.2) is 39.4 Å². The van der Waals surface area contributed by atoms with Crippen molar-refractivity contribution in [1.29, 1.82) is 0 Å². The van der Waals surface area contributed by atoms with Crippen molar-refractivity contribution in [2.75, 3.05) is 0 Å². The predicted molar refractivity (Wildman–Crippen MR) is 121 cm³/mol. The molecular weight excluding hydrogens is 433 g/mol. The summed E-state index contributed by atoms with van der Waals surface area (Å²) in [6.07, 6.45) is 2.75. The lowest BCUT2D eigenvalue weighted by molar-refractivity contribution is -0.137. The van der Waals surface area contributed by atoms with Crippen LogP contribution in [0, 0.1) is 11.8 Å². The summed E-state index contributed by atoms with van der Waals surface area (Å²) in [7, 11) is 0. The summed E-state index contributed by atoms with van der Waals surface area (Å²) in [6.45, 7) is 1.59. The number of halogens is 3. The molecule has 33 heavy (non-hydrogen) atoms. The summed E-state index contributed by atoms with van der Waals surface area (Å²) in [5, 5.41) is 30.9. The molecule has 1 aromatic rings. The number of aliphatic hydroxyl groups excluding tert-OH is 3. The fourth-order valence-corrected chi connectivity index (χ4v) is 4.59. The first-order valence-electron chi connectivity index (χ1n) is 11.7. The lowest BCUT2D eigenvalue weighted by Crippen LogP contribution is -2.23. The topological polar surface area (TPSA) is 77.8 Å². The maximum absolute atomic E-state index is 12.8. The van der Waals surface area contributed by atoms with E-state index in [-0.39, 0.29) is 17.6 Å². The van der Waals surface area contributed by atoms with Crippen LogP contribution in [0.3, 0.4) is 0 Å². The molecule has 0 heterocycles. The number of benzene rings is 1. The number of hydrogen-bond donors (Lipinski definition) is 3. The molecule has 1 aliphatic rings. The molecule has 2 rings (SSSR count). The van der Waals surface area contributed by atoms with Gasteiger partial charge in [0.25, 0.3) is 0 Å². The molecular formula is C26H35F3O4. The van der Waals surface area contributed by atoms with Gasteiger partial charge in [0.05, 0.1) is 23.9 Å². The number of Topliss-reactive ketones (excluding diaryl/α,β-unsaturated/α-hetero) is 1. The van der Waals surface area contributed by atoms with Crippen LogP contribution < -0.4 is 0 Å². The number of alkyl halides is 3. The van der Waals surface area contributed by atoms with Crippen LogP contribution >= 0.6 is 0 Å². The quantitative estimate of drug-likeness (QED) is 0.287. The first kappa shape index (κ1) is 27.3. The van der Waals surface area contributed by atoms with Gasteiger partial charge in [0.1, 0.15) is 5.78 Å². The number of aliphatic hydroxyl groups is 3. The second-order valence-corrected chi connectivity index (χ2v) is 9.10. The molecule has 1 aliphatic carbocycles. The van der Waals surface area contributed by atoms with E-state index in [4.69, 9.17) is 0 Å². The molecule has 1 unspecified atom stereocenters. The molecule has 4 nitrogen and oxygen atoms in total. The molecule has 0 spiro atoms. The number of hydrogen-bond acceptors (Lipinski definition) is 4. The van der Waals surface area contributed by atoms with E-state index in [1.165, 1.54) is 24.3 Å². The zero-order valence-corrected chi connectivity index (χ0v) is 19.1. The summed E-state index contributed by atoms with van der Waals surface area (Å²) >= 11 is 0. The molecule has 0 aliphatic heterocycles. The number of ketones is 1. The molecule has 3 N–H and O–H groups in total. The van der Waals surface area contributed by atoms with Crippen molar-refractivity contribution in [3.63, 3.8) is 0 Å². The SMILES string of the molecule is CC(=O)CCCCCC[C@@H]1[C@@H](CCC(O)C=C=Cc2cccc(C(F)(F)F)c2)[C@H](O)C[C@@H]1O. The van der Waals surface area contributed by atoms with Crippen LogP contribution in [0.4, 0.5) is 13.2 Å². The van der Waals surface area contributed by atoms with Gasteiger partial charge in [0.2, 0.25) is 0 Å². The van der Waals surface area contributed by atoms with Crippen molar-refractivity contribution < 1.29 is 33.3 Å². The highest BCUT2D eigenvalue weighted by Gasteiger charge is 2.40. The van der Waals surface area contributed by atoms with Gasteiger partial charge in [-0.25, -0.2) is 0 Å². The van der Waals surface area contributed by atoms with E-state index in [1.54, 1.807) is 6.92 Å². The second-order valence-electron chi connectivity index (χ2n) is 9.10. The minimum absolute atomic E-state index is 0.0235. The normalized spacial score (nSPS) is 23.7. The Morgan fingerprint density at radius 1 is 1.12 bits per heavy atom. The van der Waals surface area contributed by atoms with Crippen molar-refractivity contribution in [2.45, 2.75) is 89.2 Å². The minimum Gasteiger partial charge on any atom is -0.393 e. The number of unbranched alkanes of at least 4 members (excludes halogenated alkanes) is 3. The van der Waals surface area contributed by atoms with E-state index >= 15 is 0 Å². The van der Waals surface area contributed by atoms with E-state index in [1.807, 2.05) is 0 Å². The molecule has 1 saturated carbocycles. The minimum atomic E-state index is -4.41. The molecule has 0 aromatic heterocycles. The molecule has 7 heteroatoms. The van der Waals surface area contributed by atoms with E-state index in [9.17, 15) is 33.3 Å². The maximum Gasteiger partial charge on any atom is 0.416 e. The van der Waals surface area contributed by atoms with Crippen LogP contribution in [0.15, 0.2) is 36.1 Å². The highest BCUT2D eigenvalue weighted by Crippen LogP contribution is 2.39. The first-order valence-corrected chi connectivity index (χ1v) is 11.7. The molecule has 0 saturated heterocycles. The van der Waals surface area contributed by atoms with Gasteiger partial charge in [-0.3, -0.25) is 0 Å². The summed E-state index contributed by atoms with van der Waals surface area (Å²) in [5.41, 5.74) is 2.35. The average molecular weight is 469 g/mol. The fourth-order valence-electron chi connectivity index (χ4n) is 4.59. The Morgan fingerprint density at radius 3 is 2.45 bits per heavy atom. The molecule has 5 atom stereocenters. The lowest BCUT2D eigenvalue weighted by Gasteiger charge is -2.24. The van der Waals surface area contributed by atoms with Gasteiger partial charge in [0, 0.05) is 6.42 Å². The van der Waals surface area contributed by atoms with Gasteiger partial charge >= 0.3 is 6.18 Å². The van der Waals surface area contributed by atoms with Gasteiger partial charge in [-0.05, 0) is 80.7 Å².